The highest BCUT2D eigenvalue weighted by atomic mass is 32.2. The summed E-state index contributed by atoms with van der Waals surface area (Å²) in [5.41, 5.74) is 6.73. The maximum absolute atomic E-state index is 11.5. The van der Waals surface area contributed by atoms with Crippen molar-refractivity contribution in [2.24, 2.45) is 0 Å². The van der Waals surface area contributed by atoms with Crippen LogP contribution in [0, 0.1) is 11.3 Å². The van der Waals surface area contributed by atoms with Crippen LogP contribution in [0.2, 0.25) is 0 Å². The zero-order valence-corrected chi connectivity index (χ0v) is 11.5. The smallest absolute Gasteiger partial charge is 0.247 e. The lowest BCUT2D eigenvalue weighted by Crippen LogP contribution is -2.15. The number of nitriles is 1. The van der Waals surface area contributed by atoms with Gasteiger partial charge in [-0.2, -0.15) is 5.26 Å². The molecular formula is C10H10N4O3S2. The van der Waals surface area contributed by atoms with E-state index in [1.807, 2.05) is 0 Å². The van der Waals surface area contributed by atoms with Gasteiger partial charge in [0, 0.05) is 11.8 Å². The third-order valence-electron chi connectivity index (χ3n) is 2.20. The SMILES string of the molecule is COc1cc(N)cc2sc(NS(=O)(=O)CC#N)nc12. The number of aromatic nitrogens is 1. The molecule has 0 atom stereocenters. The average molecular weight is 298 g/mol. The van der Waals surface area contributed by atoms with E-state index in [0.717, 1.165) is 11.3 Å². The number of anilines is 2. The highest BCUT2D eigenvalue weighted by molar-refractivity contribution is 7.93. The number of thiazole rings is 1. The Bertz CT molecular complexity index is 761. The van der Waals surface area contributed by atoms with Gasteiger partial charge >= 0.3 is 0 Å². The summed E-state index contributed by atoms with van der Waals surface area (Å²) in [5, 5.41) is 8.59. The van der Waals surface area contributed by atoms with Crippen molar-refractivity contribution in [3.8, 4) is 11.8 Å². The molecule has 19 heavy (non-hydrogen) atoms. The lowest BCUT2D eigenvalue weighted by molar-refractivity contribution is 0.419. The van der Waals surface area contributed by atoms with Crippen LogP contribution in [0.5, 0.6) is 5.75 Å². The summed E-state index contributed by atoms with van der Waals surface area (Å²) in [6.07, 6.45) is 0. The normalized spacial score (nSPS) is 11.2. The van der Waals surface area contributed by atoms with E-state index < -0.39 is 15.8 Å². The second-order valence-corrected chi connectivity index (χ2v) is 6.36. The number of nitrogens with zero attached hydrogens (tertiary/aromatic N) is 2. The van der Waals surface area contributed by atoms with Crippen LogP contribution in [0.3, 0.4) is 0 Å². The molecule has 7 nitrogen and oxygen atoms in total. The molecule has 100 valence electrons. The van der Waals surface area contributed by atoms with Gasteiger partial charge in [0.25, 0.3) is 0 Å². The van der Waals surface area contributed by atoms with Crippen molar-refractivity contribution in [3.05, 3.63) is 12.1 Å². The summed E-state index contributed by atoms with van der Waals surface area (Å²) < 4.78 is 31.0. The van der Waals surface area contributed by atoms with E-state index in [0.29, 0.717) is 21.7 Å². The van der Waals surface area contributed by atoms with Gasteiger partial charge in [0.15, 0.2) is 10.9 Å². The molecule has 0 saturated heterocycles. The first-order valence-corrected chi connectivity index (χ1v) is 7.53. The quantitative estimate of drug-likeness (QED) is 0.817. The van der Waals surface area contributed by atoms with E-state index in [4.69, 9.17) is 15.7 Å². The van der Waals surface area contributed by atoms with E-state index in [2.05, 4.69) is 9.71 Å². The van der Waals surface area contributed by atoms with Gasteiger partial charge in [-0.25, -0.2) is 13.4 Å². The molecule has 1 aromatic carbocycles. The maximum Gasteiger partial charge on any atom is 0.247 e. The van der Waals surface area contributed by atoms with Crippen molar-refractivity contribution in [2.75, 3.05) is 23.3 Å². The second-order valence-electron chi connectivity index (χ2n) is 3.61. The van der Waals surface area contributed by atoms with Crippen molar-refractivity contribution in [1.29, 1.82) is 5.26 Å². The fourth-order valence-electron chi connectivity index (χ4n) is 1.47. The van der Waals surface area contributed by atoms with E-state index in [1.165, 1.54) is 7.11 Å². The summed E-state index contributed by atoms with van der Waals surface area (Å²) in [4.78, 5) is 4.13. The van der Waals surface area contributed by atoms with Gasteiger partial charge in [0.2, 0.25) is 10.0 Å². The van der Waals surface area contributed by atoms with Crippen molar-refractivity contribution < 1.29 is 13.2 Å². The minimum Gasteiger partial charge on any atom is -0.494 e. The standard InChI is InChI=1S/C10H10N4O3S2/c1-17-7-4-6(12)5-8-9(7)13-10(18-8)14-19(15,16)3-2-11/h4-5H,3,12H2,1H3,(H,13,14). The highest BCUT2D eigenvalue weighted by Gasteiger charge is 2.15. The minimum absolute atomic E-state index is 0.175. The highest BCUT2D eigenvalue weighted by Crippen LogP contribution is 2.34. The Morgan fingerprint density at radius 1 is 1.58 bits per heavy atom. The Hall–Kier alpha value is -2.05. The molecule has 0 amide bonds. The fourth-order valence-corrected chi connectivity index (χ4v) is 3.36. The first-order valence-electron chi connectivity index (χ1n) is 5.06. The zero-order chi connectivity index (χ0) is 14.0. The van der Waals surface area contributed by atoms with E-state index in [-0.39, 0.29) is 5.13 Å². The Morgan fingerprint density at radius 3 is 2.95 bits per heavy atom. The summed E-state index contributed by atoms with van der Waals surface area (Å²) >= 11 is 1.12. The average Bonchev–Trinajstić information content (AvgIpc) is 2.68. The third kappa shape index (κ3) is 2.86. The van der Waals surface area contributed by atoms with Crippen molar-refractivity contribution in [1.82, 2.24) is 4.98 Å². The van der Waals surface area contributed by atoms with Crippen LogP contribution in [0.15, 0.2) is 12.1 Å². The van der Waals surface area contributed by atoms with Crippen LogP contribution in [-0.2, 0) is 10.0 Å². The summed E-state index contributed by atoms with van der Waals surface area (Å²) in [6.45, 7) is 0. The number of nitrogen functional groups attached to an aromatic ring is 1. The number of hydrogen-bond acceptors (Lipinski definition) is 7. The van der Waals surface area contributed by atoms with Crippen molar-refractivity contribution in [2.45, 2.75) is 0 Å². The Kier molecular flexibility index (Phi) is 3.46. The third-order valence-corrected chi connectivity index (χ3v) is 4.26. The zero-order valence-electron chi connectivity index (χ0n) is 9.87. The summed E-state index contributed by atoms with van der Waals surface area (Å²) in [7, 11) is -2.22. The maximum atomic E-state index is 11.5. The number of benzene rings is 1. The van der Waals surface area contributed by atoms with Crippen LogP contribution in [0.25, 0.3) is 10.2 Å². The monoisotopic (exact) mass is 298 g/mol. The van der Waals surface area contributed by atoms with Crippen molar-refractivity contribution >= 4 is 42.4 Å². The Labute approximate surface area is 113 Å². The number of nitrogens with one attached hydrogen (secondary N) is 1. The van der Waals surface area contributed by atoms with Crippen molar-refractivity contribution in [3.63, 3.8) is 0 Å². The number of nitrogens with two attached hydrogens (primary N) is 1. The second kappa shape index (κ2) is 4.91. The molecule has 2 rings (SSSR count). The topological polar surface area (TPSA) is 118 Å². The van der Waals surface area contributed by atoms with Crippen LogP contribution >= 0.6 is 11.3 Å². The number of methoxy groups -OCH3 is 1. The summed E-state index contributed by atoms with van der Waals surface area (Å²) in [6, 6.07) is 4.86. The van der Waals surface area contributed by atoms with Gasteiger partial charge in [0.05, 0.1) is 17.9 Å². The van der Waals surface area contributed by atoms with Crippen LogP contribution in [-0.4, -0.2) is 26.3 Å². The molecule has 1 heterocycles. The first-order chi connectivity index (χ1) is 8.95. The Morgan fingerprint density at radius 2 is 2.32 bits per heavy atom. The number of ether oxygens (including phenoxy) is 1. The number of fused-ring (bicyclic) bond motifs is 1. The predicted molar refractivity (Wildman–Crippen MR) is 73.6 cm³/mol. The molecule has 0 aliphatic carbocycles. The molecule has 0 aliphatic heterocycles. The molecule has 0 saturated carbocycles. The number of hydrogen-bond donors (Lipinski definition) is 2. The van der Waals surface area contributed by atoms with Gasteiger partial charge in [-0.1, -0.05) is 11.3 Å². The minimum atomic E-state index is -3.70. The first kappa shape index (κ1) is 13.4. The van der Waals surface area contributed by atoms with Gasteiger partial charge < -0.3 is 10.5 Å². The summed E-state index contributed by atoms with van der Waals surface area (Å²) in [5.74, 6) is -0.153. The lowest BCUT2D eigenvalue weighted by Gasteiger charge is -2.01. The molecule has 0 spiro atoms. The molecule has 3 N–H and O–H groups in total. The number of rotatable bonds is 4. The molecule has 0 aliphatic rings. The molecule has 1 aromatic heterocycles. The van der Waals surface area contributed by atoms with Gasteiger partial charge in [-0.05, 0) is 6.07 Å². The number of sulfonamides is 1. The Balaban J connectivity index is 2.45. The van der Waals surface area contributed by atoms with Crippen LogP contribution < -0.4 is 15.2 Å². The molecule has 0 unspecified atom stereocenters. The largest absolute Gasteiger partial charge is 0.494 e. The molecule has 0 fully saturated rings. The molecule has 9 heteroatoms. The van der Waals surface area contributed by atoms with E-state index in [1.54, 1.807) is 18.2 Å². The van der Waals surface area contributed by atoms with Gasteiger partial charge in [-0.3, -0.25) is 4.72 Å². The van der Waals surface area contributed by atoms with E-state index in [9.17, 15) is 8.42 Å². The van der Waals surface area contributed by atoms with Crippen LogP contribution in [0.1, 0.15) is 0 Å². The van der Waals surface area contributed by atoms with Crippen LogP contribution in [0.4, 0.5) is 10.8 Å². The lowest BCUT2D eigenvalue weighted by atomic mass is 10.3. The van der Waals surface area contributed by atoms with E-state index >= 15 is 0 Å². The van der Waals surface area contributed by atoms with Gasteiger partial charge in [-0.15, -0.1) is 0 Å². The molecular weight excluding hydrogens is 288 g/mol. The molecule has 0 radical (unpaired) electrons. The molecule has 2 aromatic rings. The predicted octanol–water partition coefficient (Wildman–Crippen LogP) is 1.15. The fraction of sp³-hybridized carbons (Fsp3) is 0.200. The molecule has 0 bridgehead atoms. The van der Waals surface area contributed by atoms with Gasteiger partial charge in [0.1, 0.15) is 11.3 Å².